The summed E-state index contributed by atoms with van der Waals surface area (Å²) in [6.07, 6.45) is 3.58. The van der Waals surface area contributed by atoms with Crippen molar-refractivity contribution in [1.29, 1.82) is 0 Å². The Hall–Kier alpha value is -3.20. The third kappa shape index (κ3) is 4.06. The summed E-state index contributed by atoms with van der Waals surface area (Å²) in [5, 5.41) is 10.5. The molecular formula is C21H18FN3O4S. The summed E-state index contributed by atoms with van der Waals surface area (Å²) in [4.78, 5) is 38.6. The second kappa shape index (κ2) is 8.27. The molecule has 2 heterocycles. The number of rotatable bonds is 5. The summed E-state index contributed by atoms with van der Waals surface area (Å²) >= 11 is 0.774. The SMILES string of the molecule is O=C1SC(=Cc2ccc(N3CCCC3)c(F)c2)C(=O)N1Cc1cccc([N+](=O)[O-])c1. The number of nitrogens with zero attached hydrogens (tertiary/aromatic N) is 3. The smallest absolute Gasteiger partial charge is 0.293 e. The number of halogens is 1. The monoisotopic (exact) mass is 427 g/mol. The first kappa shape index (κ1) is 20.1. The van der Waals surface area contributed by atoms with Crippen LogP contribution in [-0.2, 0) is 11.3 Å². The van der Waals surface area contributed by atoms with Crippen LogP contribution < -0.4 is 4.90 Å². The maximum Gasteiger partial charge on any atom is 0.293 e. The second-order valence-electron chi connectivity index (χ2n) is 7.10. The minimum atomic E-state index is -0.530. The summed E-state index contributed by atoms with van der Waals surface area (Å²) in [5.74, 6) is -0.859. The number of non-ortho nitro benzene ring substituents is 1. The van der Waals surface area contributed by atoms with Gasteiger partial charge in [0.1, 0.15) is 5.82 Å². The van der Waals surface area contributed by atoms with E-state index in [0.717, 1.165) is 42.6 Å². The average Bonchev–Trinajstić information content (AvgIpc) is 3.33. The van der Waals surface area contributed by atoms with E-state index in [9.17, 15) is 24.1 Å². The quantitative estimate of drug-likeness (QED) is 0.395. The highest BCUT2D eigenvalue weighted by Gasteiger charge is 2.35. The average molecular weight is 427 g/mol. The number of anilines is 1. The van der Waals surface area contributed by atoms with E-state index in [0.29, 0.717) is 16.8 Å². The zero-order valence-corrected chi connectivity index (χ0v) is 16.7. The summed E-state index contributed by atoms with van der Waals surface area (Å²) in [6.45, 7) is 1.59. The molecule has 9 heteroatoms. The first-order valence-corrected chi connectivity index (χ1v) is 10.3. The van der Waals surface area contributed by atoms with Crippen LogP contribution in [0.4, 0.5) is 20.6 Å². The fourth-order valence-corrected chi connectivity index (χ4v) is 4.40. The Morgan fingerprint density at radius 2 is 1.90 bits per heavy atom. The van der Waals surface area contributed by atoms with E-state index in [4.69, 9.17) is 0 Å². The molecule has 2 aromatic rings. The van der Waals surface area contributed by atoms with Gasteiger partial charge in [0.2, 0.25) is 0 Å². The van der Waals surface area contributed by atoms with Crippen molar-refractivity contribution in [2.75, 3.05) is 18.0 Å². The molecule has 2 aliphatic rings. The lowest BCUT2D eigenvalue weighted by atomic mass is 10.1. The first-order valence-electron chi connectivity index (χ1n) is 9.45. The zero-order chi connectivity index (χ0) is 21.3. The summed E-state index contributed by atoms with van der Waals surface area (Å²) in [7, 11) is 0. The molecule has 7 nitrogen and oxygen atoms in total. The molecule has 2 saturated heterocycles. The first-order chi connectivity index (χ1) is 14.4. The van der Waals surface area contributed by atoms with Crippen LogP contribution >= 0.6 is 11.8 Å². The number of carbonyl (C=O) groups excluding carboxylic acids is 2. The number of hydrogen-bond donors (Lipinski definition) is 0. The Balaban J connectivity index is 1.52. The molecule has 0 radical (unpaired) electrons. The van der Waals surface area contributed by atoms with Gasteiger partial charge in [-0.1, -0.05) is 18.2 Å². The number of hydrogen-bond acceptors (Lipinski definition) is 6. The van der Waals surface area contributed by atoms with Crippen molar-refractivity contribution in [3.05, 3.63) is 74.4 Å². The third-order valence-corrected chi connectivity index (χ3v) is 5.96. The minimum Gasteiger partial charge on any atom is -0.369 e. The van der Waals surface area contributed by atoms with E-state index in [-0.39, 0.29) is 23.0 Å². The van der Waals surface area contributed by atoms with Crippen LogP contribution in [0.15, 0.2) is 47.4 Å². The van der Waals surface area contributed by atoms with Gasteiger partial charge >= 0.3 is 0 Å². The van der Waals surface area contributed by atoms with Gasteiger partial charge in [0.25, 0.3) is 16.8 Å². The molecule has 0 saturated carbocycles. The highest BCUT2D eigenvalue weighted by atomic mass is 32.2. The van der Waals surface area contributed by atoms with Crippen molar-refractivity contribution in [2.24, 2.45) is 0 Å². The van der Waals surface area contributed by atoms with Crippen LogP contribution in [0.3, 0.4) is 0 Å². The lowest BCUT2D eigenvalue weighted by molar-refractivity contribution is -0.384. The van der Waals surface area contributed by atoms with Gasteiger partial charge in [0, 0.05) is 25.2 Å². The molecule has 2 amide bonds. The largest absolute Gasteiger partial charge is 0.369 e. The highest BCUT2D eigenvalue weighted by molar-refractivity contribution is 8.18. The number of benzene rings is 2. The van der Waals surface area contributed by atoms with E-state index >= 15 is 0 Å². The van der Waals surface area contributed by atoms with Crippen molar-refractivity contribution < 1.29 is 18.9 Å². The normalized spacial score (nSPS) is 18.0. The third-order valence-electron chi connectivity index (χ3n) is 5.05. The Labute approximate surface area is 176 Å². The van der Waals surface area contributed by atoms with E-state index < -0.39 is 16.1 Å². The van der Waals surface area contributed by atoms with E-state index in [1.165, 1.54) is 30.3 Å². The van der Waals surface area contributed by atoms with Crippen molar-refractivity contribution in [3.63, 3.8) is 0 Å². The summed E-state index contributed by atoms with van der Waals surface area (Å²) in [5.41, 5.74) is 1.41. The van der Waals surface area contributed by atoms with E-state index in [2.05, 4.69) is 0 Å². The predicted octanol–water partition coefficient (Wildman–Crippen LogP) is 4.57. The number of amides is 2. The predicted molar refractivity (Wildman–Crippen MR) is 112 cm³/mol. The van der Waals surface area contributed by atoms with Gasteiger partial charge in [-0.25, -0.2) is 4.39 Å². The standard InChI is InChI=1S/C21H18FN3O4S/c22-17-11-14(6-7-18(17)23-8-1-2-9-23)12-19-20(26)24(21(27)30-19)13-15-4-3-5-16(10-15)25(28)29/h3-7,10-12H,1-2,8-9,13H2. The molecule has 2 aromatic carbocycles. The van der Waals surface area contributed by atoms with Gasteiger partial charge < -0.3 is 4.90 Å². The summed E-state index contributed by atoms with van der Waals surface area (Å²) < 4.78 is 14.5. The molecule has 0 bridgehead atoms. The van der Waals surface area contributed by atoms with Gasteiger partial charge in [-0.05, 0) is 53.9 Å². The fourth-order valence-electron chi connectivity index (χ4n) is 3.57. The van der Waals surface area contributed by atoms with Crippen LogP contribution in [0.5, 0.6) is 0 Å². The molecule has 0 atom stereocenters. The number of nitro groups is 1. The van der Waals surface area contributed by atoms with Crippen molar-refractivity contribution in [1.82, 2.24) is 4.90 Å². The summed E-state index contributed by atoms with van der Waals surface area (Å²) in [6, 6.07) is 10.6. The number of imide groups is 1. The molecule has 2 fully saturated rings. The maximum atomic E-state index is 14.5. The fraction of sp³-hybridized carbons (Fsp3) is 0.238. The van der Waals surface area contributed by atoms with Gasteiger partial charge in [0.05, 0.1) is 22.1 Å². The highest BCUT2D eigenvalue weighted by Crippen LogP contribution is 2.34. The lowest BCUT2D eigenvalue weighted by Crippen LogP contribution is -2.27. The lowest BCUT2D eigenvalue weighted by Gasteiger charge is -2.18. The van der Waals surface area contributed by atoms with Crippen LogP contribution in [-0.4, -0.2) is 34.1 Å². The Bertz CT molecular complexity index is 1070. The van der Waals surface area contributed by atoms with Crippen LogP contribution in [0.1, 0.15) is 24.0 Å². The molecule has 30 heavy (non-hydrogen) atoms. The molecule has 0 aromatic heterocycles. The molecule has 0 aliphatic carbocycles. The molecule has 154 valence electrons. The molecular weight excluding hydrogens is 409 g/mol. The van der Waals surface area contributed by atoms with Crippen LogP contribution in [0.2, 0.25) is 0 Å². The van der Waals surface area contributed by atoms with Crippen LogP contribution in [0.25, 0.3) is 6.08 Å². The number of carbonyl (C=O) groups is 2. The van der Waals surface area contributed by atoms with Gasteiger partial charge in [-0.15, -0.1) is 0 Å². The Morgan fingerprint density at radius 1 is 1.13 bits per heavy atom. The molecule has 2 aliphatic heterocycles. The second-order valence-corrected chi connectivity index (χ2v) is 8.09. The molecule has 4 rings (SSSR count). The van der Waals surface area contributed by atoms with Gasteiger partial charge in [0.15, 0.2) is 0 Å². The van der Waals surface area contributed by atoms with Crippen molar-refractivity contribution in [3.8, 4) is 0 Å². The topological polar surface area (TPSA) is 83.8 Å². The van der Waals surface area contributed by atoms with Crippen LogP contribution in [0, 0.1) is 15.9 Å². The molecule has 0 N–H and O–H groups in total. The van der Waals surface area contributed by atoms with E-state index in [1.54, 1.807) is 18.2 Å². The number of nitro benzene ring substituents is 1. The maximum absolute atomic E-state index is 14.5. The van der Waals surface area contributed by atoms with Crippen molar-refractivity contribution in [2.45, 2.75) is 19.4 Å². The van der Waals surface area contributed by atoms with Gasteiger partial charge in [-0.2, -0.15) is 0 Å². The Morgan fingerprint density at radius 3 is 2.60 bits per heavy atom. The molecule has 0 unspecified atom stereocenters. The zero-order valence-electron chi connectivity index (χ0n) is 15.9. The number of thioether (sulfide) groups is 1. The van der Waals surface area contributed by atoms with Gasteiger partial charge in [-0.3, -0.25) is 24.6 Å². The van der Waals surface area contributed by atoms with E-state index in [1.807, 2.05) is 4.90 Å². The Kier molecular flexibility index (Phi) is 5.54. The van der Waals surface area contributed by atoms with Crippen molar-refractivity contribution >= 4 is 40.4 Å². The minimum absolute atomic E-state index is 0.0635. The molecule has 0 spiro atoms.